The van der Waals surface area contributed by atoms with Crippen LogP contribution in [0.4, 0.5) is 4.79 Å². The number of aliphatic carboxylic acids is 3. The van der Waals surface area contributed by atoms with Crippen molar-refractivity contribution in [3.05, 3.63) is 36.5 Å². The quantitative estimate of drug-likeness (QED) is 0.0815. The first kappa shape index (κ1) is 47.8. The van der Waals surface area contributed by atoms with E-state index in [4.69, 9.17) is 71.2 Å². The van der Waals surface area contributed by atoms with Gasteiger partial charge in [0.15, 0.2) is 18.2 Å². The molecule has 0 radical (unpaired) electrons. The summed E-state index contributed by atoms with van der Waals surface area (Å²) in [5.74, 6) is -5.02. The summed E-state index contributed by atoms with van der Waals surface area (Å²) in [6, 6.07) is 9.45. The number of aliphatic hydroxyl groups is 10. The highest BCUT2D eigenvalue weighted by atomic mass is 16.4. The molecule has 1 aromatic heterocycles. The van der Waals surface area contributed by atoms with Crippen molar-refractivity contribution < 1.29 is 95.2 Å². The Morgan fingerprint density at radius 3 is 1.46 bits per heavy atom. The van der Waals surface area contributed by atoms with Crippen LogP contribution in [0.5, 0.6) is 0 Å². The summed E-state index contributed by atoms with van der Waals surface area (Å²) in [6.07, 6.45) is -11.8. The Morgan fingerprint density at radius 1 is 0.708 bits per heavy atom. The zero-order valence-electron chi connectivity index (χ0n) is 24.9. The number of rotatable bonds is 14. The molecule has 0 bridgehead atoms. The molecule has 274 valence electrons. The van der Waals surface area contributed by atoms with Crippen molar-refractivity contribution in [1.29, 1.82) is 0 Å². The van der Waals surface area contributed by atoms with Crippen LogP contribution in [0, 0.1) is 0 Å². The Morgan fingerprint density at radius 2 is 1.10 bits per heavy atom. The van der Waals surface area contributed by atoms with Crippen LogP contribution in [0.1, 0.15) is 12.8 Å². The van der Waals surface area contributed by atoms with E-state index in [1.54, 1.807) is 0 Å². The third-order valence-corrected chi connectivity index (χ3v) is 5.24. The summed E-state index contributed by atoms with van der Waals surface area (Å²) < 4.78 is 0. The lowest BCUT2D eigenvalue weighted by Crippen LogP contribution is -2.46. The monoisotopic (exact) mass is 699 g/mol. The summed E-state index contributed by atoms with van der Waals surface area (Å²) in [5, 5.41) is 113. The first-order valence-electron chi connectivity index (χ1n) is 13.0. The first-order valence-corrected chi connectivity index (χ1v) is 13.0. The van der Waals surface area contributed by atoms with Crippen molar-refractivity contribution in [2.75, 3.05) is 13.2 Å². The summed E-state index contributed by atoms with van der Waals surface area (Å²) in [4.78, 5) is 62.3. The topological polar surface area (TPSA) is 433 Å². The molecule has 0 aliphatic rings. The van der Waals surface area contributed by atoms with Gasteiger partial charge in [0.05, 0.1) is 26.1 Å². The Bertz CT molecular complexity index is 1190. The van der Waals surface area contributed by atoms with E-state index >= 15 is 0 Å². The van der Waals surface area contributed by atoms with Gasteiger partial charge in [0, 0.05) is 11.7 Å². The molecule has 0 saturated heterocycles. The molecule has 0 spiro atoms. The van der Waals surface area contributed by atoms with E-state index in [1.807, 2.05) is 18.3 Å². The number of para-hydroxylation sites is 1. The van der Waals surface area contributed by atoms with Gasteiger partial charge >= 0.3 is 23.9 Å². The van der Waals surface area contributed by atoms with Gasteiger partial charge in [-0.25, -0.2) is 9.59 Å². The van der Waals surface area contributed by atoms with Gasteiger partial charge < -0.3 is 92.4 Å². The predicted molar refractivity (Wildman–Crippen MR) is 158 cm³/mol. The van der Waals surface area contributed by atoms with Gasteiger partial charge in [0.25, 0.3) is 0 Å². The second kappa shape index (κ2) is 25.5. The molecule has 2 rings (SSSR count). The van der Waals surface area contributed by atoms with Crippen molar-refractivity contribution >= 4 is 47.4 Å². The number of urea groups is 1. The molecule has 22 nitrogen and oxygen atoms in total. The average Bonchev–Trinajstić information content (AvgIpc) is 3.51. The van der Waals surface area contributed by atoms with Crippen molar-refractivity contribution in [2.45, 2.75) is 61.2 Å². The number of carbonyl (C=O) groups is 6. The van der Waals surface area contributed by atoms with E-state index in [2.05, 4.69) is 34.7 Å². The number of carbonyl (C=O) groups excluding carboxylic acids is 3. The Kier molecular flexibility index (Phi) is 25.4. The van der Waals surface area contributed by atoms with E-state index in [-0.39, 0.29) is 12.6 Å². The third kappa shape index (κ3) is 21.2. The van der Waals surface area contributed by atoms with Gasteiger partial charge in [-0.05, 0) is 17.5 Å². The standard InChI is InChI=1S/C8H7N.C6H8O7.C6H12O6.C5H10O5.CH4N2O/c1-2-4-8-7(3-1)5-6-9-8;7-3(8)1-6(13,5(11)12)2-4(9)10;7-1-3(9)5(11)6(12)4(10)2-8;6-1-3(8)5(10)4(9)2-7;2-1(3)4/h1-6,9H;13H,1-2H2,(H,7,8)(H,9,10)(H,11,12);1,3-6,8-12H,2H2;1,3-5,7-10H,2H2;(H4,2,3,4)/t;;3-,4+,5+,6+;3-,4+,5+;/m..00./s1. The van der Waals surface area contributed by atoms with Gasteiger partial charge in [-0.2, -0.15) is 0 Å². The lowest BCUT2D eigenvalue weighted by molar-refractivity contribution is -0.170. The molecule has 0 unspecified atom stereocenters. The molecule has 0 saturated carbocycles. The zero-order valence-corrected chi connectivity index (χ0v) is 24.9. The molecule has 48 heavy (non-hydrogen) atoms. The van der Waals surface area contributed by atoms with Gasteiger partial charge in [-0.1, -0.05) is 18.2 Å². The fourth-order valence-electron chi connectivity index (χ4n) is 2.74. The van der Waals surface area contributed by atoms with Crippen molar-refractivity contribution in [2.24, 2.45) is 11.5 Å². The Labute approximate surface area is 270 Å². The second-order valence-electron chi connectivity index (χ2n) is 9.17. The van der Waals surface area contributed by atoms with Crippen LogP contribution in [-0.2, 0) is 24.0 Å². The van der Waals surface area contributed by atoms with Crippen LogP contribution in [-0.4, -0.2) is 169 Å². The fraction of sp³-hybridized carbons (Fsp3) is 0.462. The first-order chi connectivity index (χ1) is 22.1. The predicted octanol–water partition coefficient (Wildman–Crippen LogP) is -6.18. The van der Waals surface area contributed by atoms with Gasteiger partial charge in [0.2, 0.25) is 0 Å². The molecule has 2 amide bonds. The SMILES string of the molecule is NC(N)=O.O=C(O)CC(O)(CC(=O)O)C(=O)O.O=C[C@H](O)[C@@H](O)[C@H](O)CO.O=C[C@H](O)[C@@H](O)[C@H](O)[C@H](O)CO.c1ccc2[nH]ccc2c1. The molecular weight excluding hydrogens is 658 g/mol. The molecule has 1 aromatic carbocycles. The molecule has 1 heterocycles. The molecule has 0 fully saturated rings. The van der Waals surface area contributed by atoms with Crippen LogP contribution >= 0.6 is 0 Å². The summed E-state index contributed by atoms with van der Waals surface area (Å²) >= 11 is 0. The van der Waals surface area contributed by atoms with Crippen LogP contribution in [0.2, 0.25) is 0 Å². The maximum atomic E-state index is 10.3. The van der Waals surface area contributed by atoms with Gasteiger partial charge in [-0.3, -0.25) is 9.59 Å². The van der Waals surface area contributed by atoms with Crippen LogP contribution < -0.4 is 11.5 Å². The molecule has 0 aliphatic carbocycles. The lowest BCUT2D eigenvalue weighted by Gasteiger charge is -2.22. The number of H-pyrrole nitrogens is 1. The highest BCUT2D eigenvalue weighted by Gasteiger charge is 2.40. The summed E-state index contributed by atoms with van der Waals surface area (Å²) in [6.45, 7) is -1.45. The minimum atomic E-state index is -2.74. The Hall–Kier alpha value is -4.62. The number of hydrogen-bond acceptors (Lipinski definition) is 16. The van der Waals surface area contributed by atoms with Crippen molar-refractivity contribution in [3.8, 4) is 0 Å². The Balaban J connectivity index is -0.000000544. The molecular formula is C26H41N3O19. The molecule has 18 N–H and O–H groups in total. The smallest absolute Gasteiger partial charge is 0.336 e. The van der Waals surface area contributed by atoms with E-state index in [0.29, 0.717) is 0 Å². The third-order valence-electron chi connectivity index (χ3n) is 5.24. The van der Waals surface area contributed by atoms with Crippen LogP contribution in [0.25, 0.3) is 10.9 Å². The number of primary amides is 2. The number of aromatic nitrogens is 1. The molecule has 0 aliphatic heterocycles. The van der Waals surface area contributed by atoms with Crippen LogP contribution in [0.3, 0.4) is 0 Å². The number of aliphatic hydroxyl groups excluding tert-OH is 9. The number of fused-ring (bicyclic) bond motifs is 1. The van der Waals surface area contributed by atoms with Crippen molar-refractivity contribution in [1.82, 2.24) is 4.98 Å². The van der Waals surface area contributed by atoms with Crippen molar-refractivity contribution in [3.63, 3.8) is 0 Å². The number of hydrogen-bond donors (Lipinski definition) is 16. The van der Waals surface area contributed by atoms with Gasteiger partial charge in [-0.15, -0.1) is 0 Å². The molecule has 7 atom stereocenters. The molecule has 2 aromatic rings. The highest BCUT2D eigenvalue weighted by Crippen LogP contribution is 2.15. The number of amides is 2. The van der Waals surface area contributed by atoms with Crippen LogP contribution in [0.15, 0.2) is 36.5 Å². The van der Waals surface area contributed by atoms with E-state index < -0.39 is 98.3 Å². The summed E-state index contributed by atoms with van der Waals surface area (Å²) in [5.41, 5.74) is 6.97. The minimum Gasteiger partial charge on any atom is -0.481 e. The maximum Gasteiger partial charge on any atom is 0.336 e. The second-order valence-corrected chi connectivity index (χ2v) is 9.17. The number of carboxylic acids is 3. The number of benzene rings is 1. The fourth-order valence-corrected chi connectivity index (χ4v) is 2.74. The van der Waals surface area contributed by atoms with Gasteiger partial charge in [0.1, 0.15) is 42.7 Å². The summed E-state index contributed by atoms with van der Waals surface area (Å²) in [7, 11) is 0. The lowest BCUT2D eigenvalue weighted by atomic mass is 9.96. The zero-order chi connectivity index (χ0) is 38.2. The number of nitrogens with two attached hydrogens (primary N) is 2. The number of nitrogens with one attached hydrogen (secondary N) is 1. The van der Waals surface area contributed by atoms with E-state index in [0.717, 1.165) is 0 Å². The molecule has 22 heteroatoms. The van der Waals surface area contributed by atoms with E-state index in [1.165, 1.54) is 10.9 Å². The minimum absolute atomic E-state index is 0.0258. The normalized spacial score (nSPS) is 14.7. The average molecular weight is 700 g/mol. The number of carboxylic acid groups (broad SMARTS) is 3. The maximum absolute atomic E-state index is 10.3. The van der Waals surface area contributed by atoms with E-state index in [9.17, 15) is 24.0 Å². The highest BCUT2D eigenvalue weighted by molar-refractivity contribution is 5.88. The number of aldehydes is 2. The largest absolute Gasteiger partial charge is 0.481 e. The number of aromatic amines is 1.